The second-order valence-corrected chi connectivity index (χ2v) is 10.3. The second-order valence-electron chi connectivity index (χ2n) is 10.3. The Morgan fingerprint density at radius 2 is 1.18 bits per heavy atom. The summed E-state index contributed by atoms with van der Waals surface area (Å²) >= 11 is 0. The van der Waals surface area contributed by atoms with E-state index in [-0.39, 0.29) is 18.5 Å². The Morgan fingerprint density at radius 1 is 0.632 bits per heavy atom. The number of unbranched alkanes of at least 4 members (excludes halogenated alkanes) is 12. The van der Waals surface area contributed by atoms with E-state index in [1.807, 2.05) is 0 Å². The van der Waals surface area contributed by atoms with Gasteiger partial charge < -0.3 is 9.84 Å². The molecule has 1 unspecified atom stereocenters. The number of aliphatic carboxylic acids is 1. The van der Waals surface area contributed by atoms with Crippen LogP contribution in [0.2, 0.25) is 0 Å². The van der Waals surface area contributed by atoms with Gasteiger partial charge in [-0.15, -0.1) is 0 Å². The first-order valence-corrected chi connectivity index (χ1v) is 15.6. The van der Waals surface area contributed by atoms with Crippen molar-refractivity contribution in [2.45, 2.75) is 155 Å². The van der Waals surface area contributed by atoms with Gasteiger partial charge in [0.25, 0.3) is 0 Å². The van der Waals surface area contributed by atoms with E-state index in [4.69, 9.17) is 9.84 Å². The molecule has 0 spiro atoms. The number of carbonyl (C=O) groups excluding carboxylic acids is 1. The van der Waals surface area contributed by atoms with Crippen LogP contribution in [0.3, 0.4) is 0 Å². The Kier molecular flexibility index (Phi) is 27.8. The average Bonchev–Trinajstić information content (AvgIpc) is 2.89. The zero-order chi connectivity index (χ0) is 27.9. The van der Waals surface area contributed by atoms with Gasteiger partial charge in [-0.05, 0) is 76.7 Å². The molecule has 0 aromatic heterocycles. The molecular weight excluding hydrogens is 472 g/mol. The third-order valence-electron chi connectivity index (χ3n) is 6.52. The highest BCUT2D eigenvalue weighted by atomic mass is 16.5. The molecule has 0 aliphatic carbocycles. The summed E-state index contributed by atoms with van der Waals surface area (Å²) in [5, 5.41) is 8.76. The van der Waals surface area contributed by atoms with Crippen molar-refractivity contribution in [1.82, 2.24) is 0 Å². The summed E-state index contributed by atoms with van der Waals surface area (Å²) in [4.78, 5) is 23.1. The molecule has 0 radical (unpaired) electrons. The van der Waals surface area contributed by atoms with Gasteiger partial charge >= 0.3 is 11.9 Å². The van der Waals surface area contributed by atoms with Gasteiger partial charge in [-0.3, -0.25) is 9.59 Å². The first kappa shape index (κ1) is 35.9. The molecule has 0 fully saturated rings. The monoisotopic (exact) mass is 530 g/mol. The van der Waals surface area contributed by atoms with Crippen LogP contribution in [0.5, 0.6) is 0 Å². The number of ether oxygens (including phenoxy) is 1. The molecule has 0 aliphatic rings. The van der Waals surface area contributed by atoms with Gasteiger partial charge in [-0.25, -0.2) is 0 Å². The van der Waals surface area contributed by atoms with Gasteiger partial charge in [0.1, 0.15) is 6.10 Å². The predicted octanol–water partition coefficient (Wildman–Crippen LogP) is 10.4. The highest BCUT2D eigenvalue weighted by Gasteiger charge is 2.11. The van der Waals surface area contributed by atoms with Gasteiger partial charge in [0.15, 0.2) is 0 Å². The fourth-order valence-electron chi connectivity index (χ4n) is 4.22. The van der Waals surface area contributed by atoms with Crippen molar-refractivity contribution < 1.29 is 19.4 Å². The van der Waals surface area contributed by atoms with Crippen LogP contribution in [-0.4, -0.2) is 23.1 Å². The molecule has 38 heavy (non-hydrogen) atoms. The fourth-order valence-corrected chi connectivity index (χ4v) is 4.22. The molecule has 218 valence electrons. The molecule has 0 saturated heterocycles. The normalized spacial score (nSPS) is 12.9. The Bertz CT molecular complexity index is 659. The third-order valence-corrected chi connectivity index (χ3v) is 6.52. The number of hydrogen-bond acceptors (Lipinski definition) is 3. The van der Waals surface area contributed by atoms with E-state index < -0.39 is 5.97 Å². The molecule has 0 aromatic rings. The van der Waals surface area contributed by atoms with Crippen LogP contribution in [0.1, 0.15) is 149 Å². The number of carboxylic acids is 1. The van der Waals surface area contributed by atoms with Crippen LogP contribution in [0.4, 0.5) is 0 Å². The van der Waals surface area contributed by atoms with Crippen molar-refractivity contribution in [3.8, 4) is 0 Å². The summed E-state index contributed by atoms with van der Waals surface area (Å²) in [6, 6.07) is 0. The molecule has 4 nitrogen and oxygen atoms in total. The van der Waals surface area contributed by atoms with Crippen molar-refractivity contribution in [2.75, 3.05) is 0 Å². The average molecular weight is 531 g/mol. The Hall–Kier alpha value is -2.10. The number of allylic oxidation sites excluding steroid dienone is 7. The van der Waals surface area contributed by atoms with E-state index in [2.05, 4.69) is 62.5 Å². The summed E-state index contributed by atoms with van der Waals surface area (Å²) in [6.07, 6.45) is 38.5. The van der Waals surface area contributed by atoms with E-state index in [0.717, 1.165) is 77.0 Å². The molecule has 0 aromatic carbocycles. The summed E-state index contributed by atoms with van der Waals surface area (Å²) in [7, 11) is 0. The van der Waals surface area contributed by atoms with Crippen molar-refractivity contribution in [2.24, 2.45) is 0 Å². The summed E-state index contributed by atoms with van der Waals surface area (Å²) < 4.78 is 5.80. The van der Waals surface area contributed by atoms with E-state index in [1.54, 1.807) is 0 Å². The lowest BCUT2D eigenvalue weighted by Gasteiger charge is -2.15. The molecule has 4 heteroatoms. The number of carbonyl (C=O) groups is 2. The van der Waals surface area contributed by atoms with Crippen molar-refractivity contribution in [1.29, 1.82) is 0 Å². The van der Waals surface area contributed by atoms with Crippen LogP contribution in [-0.2, 0) is 14.3 Å². The molecule has 1 N–H and O–H groups in total. The molecule has 0 bridgehead atoms. The van der Waals surface area contributed by atoms with Crippen LogP contribution in [0, 0.1) is 0 Å². The van der Waals surface area contributed by atoms with Crippen LogP contribution in [0.25, 0.3) is 0 Å². The summed E-state index contributed by atoms with van der Waals surface area (Å²) in [6.45, 7) is 4.37. The Labute approximate surface area is 234 Å². The molecule has 0 heterocycles. The van der Waals surface area contributed by atoms with Crippen molar-refractivity contribution in [3.63, 3.8) is 0 Å². The van der Waals surface area contributed by atoms with E-state index in [1.165, 1.54) is 44.9 Å². The topological polar surface area (TPSA) is 63.6 Å². The zero-order valence-corrected chi connectivity index (χ0v) is 24.7. The molecular formula is C34H58O4. The maximum Gasteiger partial charge on any atom is 0.306 e. The van der Waals surface area contributed by atoms with Crippen molar-refractivity contribution in [3.05, 3.63) is 48.6 Å². The second kappa shape index (κ2) is 29.5. The highest BCUT2D eigenvalue weighted by molar-refractivity contribution is 5.69. The van der Waals surface area contributed by atoms with Crippen LogP contribution < -0.4 is 0 Å². The van der Waals surface area contributed by atoms with Gasteiger partial charge in [0.2, 0.25) is 0 Å². The predicted molar refractivity (Wildman–Crippen MR) is 162 cm³/mol. The highest BCUT2D eigenvalue weighted by Crippen LogP contribution is 2.14. The fraction of sp³-hybridized carbons (Fsp3) is 0.706. The van der Waals surface area contributed by atoms with Crippen molar-refractivity contribution >= 4 is 11.9 Å². The summed E-state index contributed by atoms with van der Waals surface area (Å²) in [5.74, 6) is -0.813. The molecule has 0 aliphatic heterocycles. The minimum Gasteiger partial charge on any atom is -0.481 e. The maximum atomic E-state index is 12.4. The van der Waals surface area contributed by atoms with Crippen LogP contribution in [0.15, 0.2) is 48.6 Å². The number of esters is 1. The Balaban J connectivity index is 4.03. The maximum absolute atomic E-state index is 12.4. The molecule has 0 rings (SSSR count). The van der Waals surface area contributed by atoms with Crippen LogP contribution >= 0.6 is 0 Å². The van der Waals surface area contributed by atoms with Gasteiger partial charge in [0.05, 0.1) is 0 Å². The number of rotatable bonds is 27. The first-order valence-electron chi connectivity index (χ1n) is 15.6. The lowest BCUT2D eigenvalue weighted by molar-refractivity contribution is -0.147. The van der Waals surface area contributed by atoms with E-state index in [0.29, 0.717) is 6.42 Å². The molecule has 1 atom stereocenters. The smallest absolute Gasteiger partial charge is 0.306 e. The Morgan fingerprint density at radius 3 is 1.87 bits per heavy atom. The standard InChI is InChI=1S/C34H58O4/c1-3-5-7-9-11-12-13-14-15-16-17-18-19-21-27-31-34(37)38-32(28-24-20-10-8-6-4-2)29-25-22-23-26-30-33(35)36/h5,7,11-12,14-15,24,28,32H,3-4,6,8-10,13,16-23,25-27,29-31H2,1-2H3,(H,35,36)/b7-5-,12-11-,15-14-,28-24-. The quantitative estimate of drug-likeness (QED) is 0.0651. The van der Waals surface area contributed by atoms with E-state index >= 15 is 0 Å². The largest absolute Gasteiger partial charge is 0.481 e. The first-order chi connectivity index (χ1) is 18.6. The van der Waals surface area contributed by atoms with Gasteiger partial charge in [0, 0.05) is 12.8 Å². The number of carboxylic acid groups (broad SMARTS) is 1. The molecule has 0 saturated carbocycles. The SMILES string of the molecule is CC/C=C\C/C=C\C/C=C\CCCCCCCC(=O)OC(/C=C\CCCCCC)CCCCCCC(=O)O. The van der Waals surface area contributed by atoms with Gasteiger partial charge in [-0.1, -0.05) is 108 Å². The lowest BCUT2D eigenvalue weighted by Crippen LogP contribution is -2.16. The molecule has 0 amide bonds. The lowest BCUT2D eigenvalue weighted by atomic mass is 10.1. The summed E-state index contributed by atoms with van der Waals surface area (Å²) in [5.41, 5.74) is 0. The minimum atomic E-state index is -0.727. The zero-order valence-electron chi connectivity index (χ0n) is 24.7. The minimum absolute atomic E-state index is 0.0855. The van der Waals surface area contributed by atoms with E-state index in [9.17, 15) is 9.59 Å². The number of hydrogen-bond donors (Lipinski definition) is 1. The third kappa shape index (κ3) is 28.5. The van der Waals surface area contributed by atoms with Gasteiger partial charge in [-0.2, -0.15) is 0 Å².